The summed E-state index contributed by atoms with van der Waals surface area (Å²) in [5, 5.41) is 31.2. The summed E-state index contributed by atoms with van der Waals surface area (Å²) in [5.74, 6) is -1.87. The van der Waals surface area contributed by atoms with E-state index in [0.29, 0.717) is 22.3 Å². The Morgan fingerprint density at radius 1 is 1.34 bits per heavy atom. The minimum atomic E-state index is -1.24. The number of hydrogen-bond acceptors (Lipinski definition) is 6. The maximum atomic E-state index is 12.2. The van der Waals surface area contributed by atoms with Crippen LogP contribution in [0.2, 0.25) is 0 Å². The minimum absolute atomic E-state index is 0.0718. The Morgan fingerprint density at radius 2 is 2.03 bits per heavy atom. The number of hydrogen-bond donors (Lipinski definition) is 3. The Balaban J connectivity index is 2.08. The first-order valence-electron chi connectivity index (χ1n) is 8.30. The van der Waals surface area contributed by atoms with Gasteiger partial charge in [0.1, 0.15) is 18.4 Å². The number of aromatic hydroxyl groups is 1. The molecule has 0 spiro atoms. The van der Waals surface area contributed by atoms with Gasteiger partial charge >= 0.3 is 5.97 Å². The number of carboxylic acids is 1. The molecular weight excluding hydrogens is 444 g/mol. The minimum Gasteiger partial charge on any atom is -0.505 e. The average Bonchev–Trinajstić information content (AvgIpc) is 3.03. The molecule has 2 aromatic heterocycles. The van der Waals surface area contributed by atoms with Gasteiger partial charge in [-0.2, -0.15) is 5.26 Å². The Morgan fingerprint density at radius 3 is 2.62 bits per heavy atom. The van der Waals surface area contributed by atoms with Crippen LogP contribution in [0.25, 0.3) is 10.9 Å². The average molecular weight is 459 g/mol. The molecule has 0 fully saturated rings. The van der Waals surface area contributed by atoms with Crippen molar-refractivity contribution in [2.24, 2.45) is 0 Å². The lowest BCUT2D eigenvalue weighted by molar-refractivity contribution is -0.135. The fraction of sp³-hybridized carbons (Fsp3) is 0.158. The van der Waals surface area contributed by atoms with Gasteiger partial charge in [0.2, 0.25) is 0 Å². The van der Waals surface area contributed by atoms with Gasteiger partial charge in [-0.05, 0) is 33.6 Å². The first kappa shape index (κ1) is 20.2. The summed E-state index contributed by atoms with van der Waals surface area (Å²) in [6.07, 6.45) is 1.68. The van der Waals surface area contributed by atoms with Crippen molar-refractivity contribution in [1.29, 1.82) is 5.26 Å². The number of methoxy groups -OCH3 is 1. The fourth-order valence-electron chi connectivity index (χ4n) is 2.87. The number of carboxylic acid groups (broad SMARTS) is 1. The van der Waals surface area contributed by atoms with Crippen molar-refractivity contribution in [3.8, 4) is 17.6 Å². The number of aromatic nitrogens is 2. The Hall–Kier alpha value is -3.58. The third kappa shape index (κ3) is 4.00. The van der Waals surface area contributed by atoms with Gasteiger partial charge in [-0.25, -0.2) is 4.98 Å². The third-order valence-corrected chi connectivity index (χ3v) is 4.78. The number of halogens is 1. The number of amides is 1. The van der Waals surface area contributed by atoms with Gasteiger partial charge in [-0.15, -0.1) is 0 Å². The lowest BCUT2D eigenvalue weighted by Crippen LogP contribution is -2.30. The molecule has 3 rings (SSSR count). The highest BCUT2D eigenvalue weighted by Gasteiger charge is 2.24. The summed E-state index contributed by atoms with van der Waals surface area (Å²) in [5.41, 5.74) is 0.778. The Labute approximate surface area is 173 Å². The molecular formula is C19H15BrN4O5. The van der Waals surface area contributed by atoms with Crippen molar-refractivity contribution >= 4 is 38.7 Å². The quantitative estimate of drug-likeness (QED) is 0.514. The number of pyridine rings is 1. The van der Waals surface area contributed by atoms with E-state index >= 15 is 0 Å². The second-order valence-corrected chi connectivity index (χ2v) is 6.88. The SMILES string of the molecule is COc1ccc(Cn2cc(Br)c3c(O)c(C(=O)NCC(=O)O)nc(C#N)c32)cc1. The number of fused-ring (bicyclic) bond motifs is 1. The molecule has 1 aromatic carbocycles. The van der Waals surface area contributed by atoms with E-state index in [9.17, 15) is 20.0 Å². The van der Waals surface area contributed by atoms with Gasteiger partial charge in [0.15, 0.2) is 17.1 Å². The van der Waals surface area contributed by atoms with Crippen LogP contribution in [0, 0.1) is 11.3 Å². The van der Waals surface area contributed by atoms with E-state index < -0.39 is 29.9 Å². The number of nitrogens with zero attached hydrogens (tertiary/aromatic N) is 3. The topological polar surface area (TPSA) is 137 Å². The molecule has 148 valence electrons. The van der Waals surface area contributed by atoms with Crippen LogP contribution in [0.1, 0.15) is 21.7 Å². The number of ether oxygens (including phenoxy) is 1. The second-order valence-electron chi connectivity index (χ2n) is 6.02. The van der Waals surface area contributed by atoms with Crippen LogP contribution in [0.4, 0.5) is 0 Å². The predicted octanol–water partition coefficient (Wildman–Crippen LogP) is 2.25. The van der Waals surface area contributed by atoms with E-state index in [0.717, 1.165) is 5.56 Å². The number of carbonyl (C=O) groups excluding carboxylic acids is 1. The van der Waals surface area contributed by atoms with E-state index in [1.165, 1.54) is 0 Å². The molecule has 10 heteroatoms. The molecule has 0 unspecified atom stereocenters. The van der Waals surface area contributed by atoms with E-state index in [4.69, 9.17) is 9.84 Å². The highest BCUT2D eigenvalue weighted by Crippen LogP contribution is 2.37. The van der Waals surface area contributed by atoms with Gasteiger partial charge in [0, 0.05) is 17.2 Å². The van der Waals surface area contributed by atoms with Crippen LogP contribution in [0.15, 0.2) is 34.9 Å². The number of benzene rings is 1. The predicted molar refractivity (Wildman–Crippen MR) is 106 cm³/mol. The number of aliphatic carboxylic acids is 1. The molecule has 0 bridgehead atoms. The number of nitriles is 1. The zero-order chi connectivity index (χ0) is 21.1. The second kappa shape index (κ2) is 8.20. The normalized spacial score (nSPS) is 10.5. The van der Waals surface area contributed by atoms with Crippen LogP contribution in [-0.4, -0.2) is 45.3 Å². The summed E-state index contributed by atoms with van der Waals surface area (Å²) in [6, 6.07) is 9.28. The molecule has 0 saturated carbocycles. The van der Waals surface area contributed by atoms with E-state index in [1.54, 1.807) is 17.9 Å². The standard InChI is InChI=1S/C19H15BrN4O5/c1-29-11-4-2-10(3-5-11)8-24-9-12(20)15-17(24)13(6-21)23-16(18(15)27)19(28)22-7-14(25)26/h2-5,9,27H,7-8H2,1H3,(H,22,28)(H,25,26). The number of rotatable bonds is 6. The highest BCUT2D eigenvalue weighted by atomic mass is 79.9. The van der Waals surface area contributed by atoms with Gasteiger partial charge < -0.3 is 24.8 Å². The molecule has 9 nitrogen and oxygen atoms in total. The first-order chi connectivity index (χ1) is 13.8. The van der Waals surface area contributed by atoms with Gasteiger partial charge in [0.05, 0.1) is 18.0 Å². The maximum absolute atomic E-state index is 12.2. The van der Waals surface area contributed by atoms with E-state index in [1.807, 2.05) is 30.3 Å². The van der Waals surface area contributed by atoms with E-state index in [2.05, 4.69) is 26.2 Å². The lowest BCUT2D eigenvalue weighted by Gasteiger charge is -2.10. The third-order valence-electron chi connectivity index (χ3n) is 4.17. The molecule has 1 amide bonds. The van der Waals surface area contributed by atoms with Crippen molar-refractivity contribution in [1.82, 2.24) is 14.9 Å². The highest BCUT2D eigenvalue weighted by molar-refractivity contribution is 9.10. The molecule has 0 radical (unpaired) electrons. The molecule has 0 saturated heterocycles. The van der Waals surface area contributed by atoms with Crippen molar-refractivity contribution in [2.75, 3.05) is 13.7 Å². The maximum Gasteiger partial charge on any atom is 0.322 e. The zero-order valence-electron chi connectivity index (χ0n) is 15.1. The van der Waals surface area contributed by atoms with Crippen molar-refractivity contribution in [3.05, 3.63) is 51.9 Å². The molecule has 0 aliphatic carbocycles. The molecule has 2 heterocycles. The Kier molecular flexibility index (Phi) is 5.70. The van der Waals surface area contributed by atoms with Gasteiger partial charge in [0.25, 0.3) is 5.91 Å². The van der Waals surface area contributed by atoms with Crippen LogP contribution < -0.4 is 10.1 Å². The summed E-state index contributed by atoms with van der Waals surface area (Å²) in [6.45, 7) is -0.258. The monoisotopic (exact) mass is 458 g/mol. The largest absolute Gasteiger partial charge is 0.505 e. The van der Waals surface area contributed by atoms with Crippen LogP contribution >= 0.6 is 15.9 Å². The summed E-state index contributed by atoms with van der Waals surface area (Å²) >= 11 is 3.35. The number of carbonyl (C=O) groups is 2. The molecule has 0 aliphatic rings. The summed E-state index contributed by atoms with van der Waals surface area (Å²) in [7, 11) is 1.57. The Bertz CT molecular complexity index is 1150. The smallest absolute Gasteiger partial charge is 0.322 e. The van der Waals surface area contributed by atoms with Crippen LogP contribution in [0.5, 0.6) is 11.5 Å². The van der Waals surface area contributed by atoms with Crippen molar-refractivity contribution in [2.45, 2.75) is 6.54 Å². The van der Waals surface area contributed by atoms with Crippen molar-refractivity contribution in [3.63, 3.8) is 0 Å². The lowest BCUT2D eigenvalue weighted by atomic mass is 10.1. The molecule has 3 aromatic rings. The number of nitrogens with one attached hydrogen (secondary N) is 1. The van der Waals surface area contributed by atoms with Gasteiger partial charge in [-0.3, -0.25) is 9.59 Å². The van der Waals surface area contributed by atoms with Crippen LogP contribution in [-0.2, 0) is 11.3 Å². The zero-order valence-corrected chi connectivity index (χ0v) is 16.7. The van der Waals surface area contributed by atoms with Gasteiger partial charge in [-0.1, -0.05) is 12.1 Å². The molecule has 0 aliphatic heterocycles. The van der Waals surface area contributed by atoms with Crippen LogP contribution in [0.3, 0.4) is 0 Å². The molecule has 29 heavy (non-hydrogen) atoms. The van der Waals surface area contributed by atoms with E-state index in [-0.39, 0.29) is 11.1 Å². The van der Waals surface area contributed by atoms with Crippen molar-refractivity contribution < 1.29 is 24.5 Å². The molecule has 3 N–H and O–H groups in total. The summed E-state index contributed by atoms with van der Waals surface area (Å²) < 4.78 is 7.33. The fourth-order valence-corrected chi connectivity index (χ4v) is 3.49. The first-order valence-corrected chi connectivity index (χ1v) is 9.09. The molecule has 0 atom stereocenters. The summed E-state index contributed by atoms with van der Waals surface area (Å²) in [4.78, 5) is 26.8.